The van der Waals surface area contributed by atoms with Gasteiger partial charge in [-0.2, -0.15) is 0 Å². The van der Waals surface area contributed by atoms with Crippen molar-refractivity contribution in [2.24, 2.45) is 0 Å². The van der Waals surface area contributed by atoms with Crippen LogP contribution in [0.4, 0.5) is 0 Å². The Morgan fingerprint density at radius 1 is 0.510 bits per heavy atom. The molecule has 3 heterocycles. The molecule has 0 spiro atoms. The summed E-state index contributed by atoms with van der Waals surface area (Å²) in [6, 6.07) is 45.5. The zero-order valence-electron chi connectivity index (χ0n) is 26.5. The molecule has 49 heavy (non-hydrogen) atoms. The molecule has 0 aliphatic carbocycles. The highest BCUT2D eigenvalue weighted by Gasteiger charge is 2.16. The van der Waals surface area contributed by atoms with Crippen molar-refractivity contribution in [3.8, 4) is 34.2 Å². The van der Waals surface area contributed by atoms with Crippen LogP contribution in [0, 0.1) is 0 Å². The summed E-state index contributed by atoms with van der Waals surface area (Å²) in [6.45, 7) is 3.82. The van der Waals surface area contributed by atoms with Crippen LogP contribution >= 0.6 is 0 Å². The van der Waals surface area contributed by atoms with E-state index in [0.717, 1.165) is 78.1 Å². The first-order chi connectivity index (χ1) is 24.2. The van der Waals surface area contributed by atoms with Gasteiger partial charge in [-0.3, -0.25) is 0 Å². The van der Waals surface area contributed by atoms with Crippen LogP contribution in [0.5, 0.6) is 0 Å². The van der Waals surface area contributed by atoms with E-state index in [4.69, 9.17) is 23.8 Å². The molecule has 0 aliphatic heterocycles. The first-order valence-corrected chi connectivity index (χ1v) is 16.3. The number of furan rings is 2. The molecule has 0 saturated carbocycles. The molecular weight excluding hydrogens is 603 g/mol. The minimum absolute atomic E-state index is 0.611. The third-order valence-electron chi connectivity index (χ3n) is 8.96. The van der Waals surface area contributed by atoms with Crippen molar-refractivity contribution >= 4 is 49.8 Å². The fourth-order valence-corrected chi connectivity index (χ4v) is 6.55. The van der Waals surface area contributed by atoms with Gasteiger partial charge in [0, 0.05) is 44.8 Å². The SMILES string of the molecule is C=C/C=C\c1oc2ccccc2c1Cc1ccc2cc(-c3nc(-c4ccccc4)nc(-c4ccc5oc6ccccc6c5c4)n3)ccc2c1. The maximum absolute atomic E-state index is 6.19. The number of aromatic nitrogens is 3. The van der Waals surface area contributed by atoms with E-state index in [1.807, 2.05) is 84.9 Å². The van der Waals surface area contributed by atoms with E-state index in [0.29, 0.717) is 17.5 Å². The third kappa shape index (κ3) is 5.28. The van der Waals surface area contributed by atoms with Crippen LogP contribution in [-0.2, 0) is 6.42 Å². The maximum atomic E-state index is 6.19. The van der Waals surface area contributed by atoms with E-state index in [1.165, 1.54) is 5.56 Å². The summed E-state index contributed by atoms with van der Waals surface area (Å²) in [5, 5.41) is 5.48. The summed E-state index contributed by atoms with van der Waals surface area (Å²) in [7, 11) is 0. The number of para-hydroxylation sites is 2. The average molecular weight is 632 g/mol. The molecule has 232 valence electrons. The van der Waals surface area contributed by atoms with Crippen LogP contribution in [0.25, 0.3) is 83.9 Å². The quantitative estimate of drug-likeness (QED) is 0.164. The predicted octanol–water partition coefficient (Wildman–Crippen LogP) is 11.5. The van der Waals surface area contributed by atoms with Gasteiger partial charge in [-0.15, -0.1) is 0 Å². The van der Waals surface area contributed by atoms with Gasteiger partial charge in [-0.1, -0.05) is 116 Å². The number of hydrogen-bond donors (Lipinski definition) is 0. The minimum Gasteiger partial charge on any atom is -0.456 e. The number of allylic oxidation sites excluding steroid dienone is 2. The van der Waals surface area contributed by atoms with Crippen molar-refractivity contribution in [2.75, 3.05) is 0 Å². The van der Waals surface area contributed by atoms with Crippen molar-refractivity contribution in [1.29, 1.82) is 0 Å². The Hall–Kier alpha value is -6.59. The lowest BCUT2D eigenvalue weighted by atomic mass is 9.98. The maximum Gasteiger partial charge on any atom is 0.164 e. The zero-order valence-corrected chi connectivity index (χ0v) is 26.5. The Morgan fingerprint density at radius 3 is 1.92 bits per heavy atom. The number of hydrogen-bond acceptors (Lipinski definition) is 5. The van der Waals surface area contributed by atoms with Gasteiger partial charge in [0.2, 0.25) is 0 Å². The molecule has 5 heteroatoms. The summed E-state index contributed by atoms with van der Waals surface area (Å²) >= 11 is 0. The Balaban J connectivity index is 1.11. The van der Waals surface area contributed by atoms with Crippen molar-refractivity contribution in [2.45, 2.75) is 6.42 Å². The summed E-state index contributed by atoms with van der Waals surface area (Å²) in [4.78, 5) is 15.0. The monoisotopic (exact) mass is 631 g/mol. The number of rotatable bonds is 7. The van der Waals surface area contributed by atoms with E-state index in [1.54, 1.807) is 6.08 Å². The van der Waals surface area contributed by atoms with E-state index >= 15 is 0 Å². The second-order valence-electron chi connectivity index (χ2n) is 12.1. The summed E-state index contributed by atoms with van der Waals surface area (Å²) in [6.07, 6.45) is 6.41. The summed E-state index contributed by atoms with van der Waals surface area (Å²) in [5.41, 5.74) is 7.71. The van der Waals surface area contributed by atoms with Gasteiger partial charge in [0.15, 0.2) is 17.5 Å². The van der Waals surface area contributed by atoms with Crippen LogP contribution < -0.4 is 0 Å². The van der Waals surface area contributed by atoms with E-state index in [9.17, 15) is 0 Å². The fraction of sp³-hybridized carbons (Fsp3) is 0.0227. The van der Waals surface area contributed by atoms with Crippen LogP contribution in [0.3, 0.4) is 0 Å². The largest absolute Gasteiger partial charge is 0.456 e. The van der Waals surface area contributed by atoms with Gasteiger partial charge >= 0.3 is 0 Å². The molecule has 9 rings (SSSR count). The lowest BCUT2D eigenvalue weighted by molar-refractivity contribution is 0.600. The molecule has 0 amide bonds. The van der Waals surface area contributed by atoms with Crippen molar-refractivity contribution in [3.05, 3.63) is 169 Å². The highest BCUT2D eigenvalue weighted by atomic mass is 16.3. The minimum atomic E-state index is 0.611. The third-order valence-corrected chi connectivity index (χ3v) is 8.96. The molecule has 0 atom stereocenters. The standard InChI is InChI=1S/C44H29N3O2/c1-2-3-15-40-36(34-13-7-9-16-38(34)48-40)25-28-18-19-31-26-32(21-20-30(31)24-28)43-45-42(29-11-5-4-6-12-29)46-44(47-43)33-22-23-41-37(27-33)35-14-8-10-17-39(35)49-41/h2-24,26-27H,1,25H2/b15-3-. The average Bonchev–Trinajstić information content (AvgIpc) is 3.71. The molecule has 3 aromatic heterocycles. The number of fused-ring (bicyclic) bond motifs is 5. The first-order valence-electron chi connectivity index (χ1n) is 16.3. The van der Waals surface area contributed by atoms with E-state index < -0.39 is 0 Å². The molecular formula is C44H29N3O2. The van der Waals surface area contributed by atoms with Gasteiger partial charge in [0.25, 0.3) is 0 Å². The Bertz CT molecular complexity index is 2720. The molecule has 5 nitrogen and oxygen atoms in total. The Labute approximate surface area is 282 Å². The second-order valence-corrected chi connectivity index (χ2v) is 12.1. The molecule has 0 fully saturated rings. The fourth-order valence-electron chi connectivity index (χ4n) is 6.55. The van der Waals surface area contributed by atoms with Crippen LogP contribution in [0.2, 0.25) is 0 Å². The van der Waals surface area contributed by atoms with Gasteiger partial charge in [-0.05, 0) is 58.8 Å². The number of nitrogens with zero attached hydrogens (tertiary/aromatic N) is 3. The molecule has 0 N–H and O–H groups in total. The van der Waals surface area contributed by atoms with Crippen molar-refractivity contribution < 1.29 is 8.83 Å². The lowest BCUT2D eigenvalue weighted by Gasteiger charge is -2.10. The molecule has 0 bridgehead atoms. The first kappa shape index (κ1) is 28.6. The van der Waals surface area contributed by atoms with E-state index in [2.05, 4.69) is 67.2 Å². The number of benzene rings is 6. The molecule has 0 radical (unpaired) electrons. The van der Waals surface area contributed by atoms with Crippen LogP contribution in [0.15, 0.2) is 161 Å². The van der Waals surface area contributed by atoms with Gasteiger partial charge < -0.3 is 8.83 Å². The van der Waals surface area contributed by atoms with Gasteiger partial charge in [0.05, 0.1) is 0 Å². The van der Waals surface area contributed by atoms with Crippen molar-refractivity contribution in [3.63, 3.8) is 0 Å². The normalized spacial score (nSPS) is 11.8. The highest BCUT2D eigenvalue weighted by Crippen LogP contribution is 2.34. The highest BCUT2D eigenvalue weighted by molar-refractivity contribution is 6.06. The molecule has 9 aromatic rings. The van der Waals surface area contributed by atoms with Crippen LogP contribution in [0.1, 0.15) is 16.9 Å². The van der Waals surface area contributed by atoms with Gasteiger partial charge in [0.1, 0.15) is 22.5 Å². The van der Waals surface area contributed by atoms with E-state index in [-0.39, 0.29) is 0 Å². The van der Waals surface area contributed by atoms with Crippen molar-refractivity contribution in [1.82, 2.24) is 15.0 Å². The predicted molar refractivity (Wildman–Crippen MR) is 199 cm³/mol. The summed E-state index contributed by atoms with van der Waals surface area (Å²) < 4.78 is 12.3. The molecule has 6 aromatic carbocycles. The molecule has 0 unspecified atom stereocenters. The Kier molecular flexibility index (Phi) is 6.95. The molecule has 0 aliphatic rings. The van der Waals surface area contributed by atoms with Gasteiger partial charge in [-0.25, -0.2) is 15.0 Å². The topological polar surface area (TPSA) is 65.0 Å². The second kappa shape index (κ2) is 11.9. The summed E-state index contributed by atoms with van der Waals surface area (Å²) in [5.74, 6) is 2.72. The van der Waals surface area contributed by atoms with Crippen LogP contribution in [-0.4, -0.2) is 15.0 Å². The Morgan fingerprint density at radius 2 is 1.12 bits per heavy atom. The lowest BCUT2D eigenvalue weighted by Crippen LogP contribution is -2.00. The smallest absolute Gasteiger partial charge is 0.164 e. The molecule has 0 saturated heterocycles. The zero-order chi connectivity index (χ0) is 32.7.